The van der Waals surface area contributed by atoms with Crippen molar-refractivity contribution >= 4 is 0 Å². The van der Waals surface area contributed by atoms with Crippen LogP contribution in [0.25, 0.3) is 0 Å². The first-order valence-electron chi connectivity index (χ1n) is 7.90. The van der Waals surface area contributed by atoms with Gasteiger partial charge in [-0.3, -0.25) is 4.90 Å². The van der Waals surface area contributed by atoms with E-state index in [-0.39, 0.29) is 0 Å². The van der Waals surface area contributed by atoms with E-state index in [9.17, 15) is 0 Å². The summed E-state index contributed by atoms with van der Waals surface area (Å²) in [5.41, 5.74) is 3.01. The van der Waals surface area contributed by atoms with Gasteiger partial charge in [-0.15, -0.1) is 0 Å². The Hall–Kier alpha value is -0.900. The van der Waals surface area contributed by atoms with Gasteiger partial charge in [-0.05, 0) is 49.4 Å². The van der Waals surface area contributed by atoms with Crippen molar-refractivity contribution in [3.05, 3.63) is 35.4 Å². The lowest BCUT2D eigenvalue weighted by molar-refractivity contribution is 0.0659. The first-order valence-corrected chi connectivity index (χ1v) is 7.90. The summed E-state index contributed by atoms with van der Waals surface area (Å²) >= 11 is 0. The van der Waals surface area contributed by atoms with E-state index >= 15 is 0 Å². The number of fused-ring (bicyclic) bond motifs is 1. The van der Waals surface area contributed by atoms with Gasteiger partial charge in [0, 0.05) is 26.2 Å². The van der Waals surface area contributed by atoms with Crippen molar-refractivity contribution in [3.8, 4) is 0 Å². The Morgan fingerprint density at radius 2 is 2.20 bits per heavy atom. The standard InChI is InChI=1S/C17H26N2O/c1-20-13-14-5-4-10-19(12-14)17-8-9-18-11-15-6-2-3-7-16(15)17/h2-3,6-7,14,17-18H,4-5,8-13H2,1H3. The van der Waals surface area contributed by atoms with E-state index in [1.807, 2.05) is 7.11 Å². The largest absolute Gasteiger partial charge is 0.384 e. The topological polar surface area (TPSA) is 24.5 Å². The van der Waals surface area contributed by atoms with Gasteiger partial charge in [-0.1, -0.05) is 24.3 Å². The van der Waals surface area contributed by atoms with E-state index in [0.29, 0.717) is 12.0 Å². The van der Waals surface area contributed by atoms with Crippen LogP contribution in [0.3, 0.4) is 0 Å². The predicted molar refractivity (Wildman–Crippen MR) is 81.7 cm³/mol. The number of methoxy groups -OCH3 is 1. The van der Waals surface area contributed by atoms with Crippen LogP contribution in [0.1, 0.15) is 36.4 Å². The molecule has 0 aromatic heterocycles. The highest BCUT2D eigenvalue weighted by Crippen LogP contribution is 2.32. The van der Waals surface area contributed by atoms with Crippen molar-refractivity contribution in [1.29, 1.82) is 0 Å². The number of piperidine rings is 1. The Morgan fingerprint density at radius 3 is 3.10 bits per heavy atom. The summed E-state index contributed by atoms with van der Waals surface area (Å²) in [6.07, 6.45) is 3.84. The third kappa shape index (κ3) is 3.05. The molecule has 0 saturated carbocycles. The highest BCUT2D eigenvalue weighted by atomic mass is 16.5. The van der Waals surface area contributed by atoms with Crippen LogP contribution in [0, 0.1) is 5.92 Å². The molecule has 2 unspecified atom stereocenters. The lowest BCUT2D eigenvalue weighted by atomic mass is 9.92. The average Bonchev–Trinajstić information content (AvgIpc) is 2.70. The summed E-state index contributed by atoms with van der Waals surface area (Å²) in [5, 5.41) is 3.56. The van der Waals surface area contributed by atoms with Gasteiger partial charge in [0.15, 0.2) is 0 Å². The zero-order valence-corrected chi connectivity index (χ0v) is 12.5. The maximum atomic E-state index is 5.37. The van der Waals surface area contributed by atoms with E-state index in [4.69, 9.17) is 4.74 Å². The van der Waals surface area contributed by atoms with Crippen molar-refractivity contribution in [2.24, 2.45) is 5.92 Å². The lowest BCUT2D eigenvalue weighted by Gasteiger charge is -2.38. The molecule has 2 atom stereocenters. The fourth-order valence-corrected chi connectivity index (χ4v) is 3.77. The lowest BCUT2D eigenvalue weighted by Crippen LogP contribution is -2.40. The molecule has 0 aliphatic carbocycles. The minimum atomic E-state index is 0.584. The van der Waals surface area contributed by atoms with Gasteiger partial charge in [0.1, 0.15) is 0 Å². The van der Waals surface area contributed by atoms with E-state index < -0.39 is 0 Å². The Kier molecular flexibility index (Phi) is 4.71. The maximum absolute atomic E-state index is 5.37. The molecule has 1 fully saturated rings. The minimum Gasteiger partial charge on any atom is -0.384 e. The summed E-state index contributed by atoms with van der Waals surface area (Å²) < 4.78 is 5.37. The van der Waals surface area contributed by atoms with E-state index in [2.05, 4.69) is 34.5 Å². The number of hydrogen-bond acceptors (Lipinski definition) is 3. The molecule has 1 aromatic rings. The van der Waals surface area contributed by atoms with Gasteiger partial charge in [0.05, 0.1) is 6.61 Å². The second-order valence-electron chi connectivity index (χ2n) is 6.14. The molecule has 3 rings (SSSR count). The molecule has 3 heteroatoms. The summed E-state index contributed by atoms with van der Waals surface area (Å²) in [5.74, 6) is 0.706. The molecule has 0 radical (unpaired) electrons. The molecule has 20 heavy (non-hydrogen) atoms. The molecule has 2 aliphatic rings. The number of nitrogens with zero attached hydrogens (tertiary/aromatic N) is 1. The molecule has 1 aromatic carbocycles. The minimum absolute atomic E-state index is 0.584. The molecule has 1 N–H and O–H groups in total. The normalized spacial score (nSPS) is 27.9. The van der Waals surface area contributed by atoms with Crippen molar-refractivity contribution in [3.63, 3.8) is 0 Å². The Bertz CT molecular complexity index is 433. The van der Waals surface area contributed by atoms with Gasteiger partial charge >= 0.3 is 0 Å². The molecule has 0 bridgehead atoms. The molecule has 0 amide bonds. The van der Waals surface area contributed by atoms with Crippen LogP contribution in [-0.2, 0) is 11.3 Å². The number of benzene rings is 1. The van der Waals surface area contributed by atoms with Crippen LogP contribution in [0.2, 0.25) is 0 Å². The molecule has 0 spiro atoms. The quantitative estimate of drug-likeness (QED) is 0.917. The summed E-state index contributed by atoms with van der Waals surface area (Å²) in [7, 11) is 1.82. The van der Waals surface area contributed by atoms with Gasteiger partial charge in [-0.25, -0.2) is 0 Å². The zero-order chi connectivity index (χ0) is 13.8. The van der Waals surface area contributed by atoms with Crippen LogP contribution < -0.4 is 5.32 Å². The van der Waals surface area contributed by atoms with Crippen LogP contribution in [0.5, 0.6) is 0 Å². The molecule has 2 aliphatic heterocycles. The van der Waals surface area contributed by atoms with E-state index in [1.54, 1.807) is 0 Å². The summed E-state index contributed by atoms with van der Waals surface area (Å²) in [6.45, 7) is 5.46. The van der Waals surface area contributed by atoms with Crippen molar-refractivity contribution < 1.29 is 4.74 Å². The summed E-state index contributed by atoms with van der Waals surface area (Å²) in [4.78, 5) is 2.69. The first kappa shape index (κ1) is 14.1. The second kappa shape index (κ2) is 6.70. The number of hydrogen-bond donors (Lipinski definition) is 1. The zero-order valence-electron chi connectivity index (χ0n) is 12.5. The Labute approximate surface area is 122 Å². The SMILES string of the molecule is COCC1CCCN(C2CCNCc3ccccc32)C1. The van der Waals surface area contributed by atoms with E-state index in [0.717, 1.165) is 19.7 Å². The second-order valence-corrected chi connectivity index (χ2v) is 6.14. The first-order chi connectivity index (χ1) is 9.88. The monoisotopic (exact) mass is 274 g/mol. The molecule has 2 heterocycles. The fourth-order valence-electron chi connectivity index (χ4n) is 3.77. The molecule has 3 nitrogen and oxygen atoms in total. The Morgan fingerprint density at radius 1 is 1.30 bits per heavy atom. The molecule has 1 saturated heterocycles. The van der Waals surface area contributed by atoms with Gasteiger partial charge in [0.25, 0.3) is 0 Å². The maximum Gasteiger partial charge on any atom is 0.0502 e. The molecule has 110 valence electrons. The van der Waals surface area contributed by atoms with E-state index in [1.165, 1.54) is 43.5 Å². The highest BCUT2D eigenvalue weighted by molar-refractivity contribution is 5.31. The number of ether oxygens (including phenoxy) is 1. The van der Waals surface area contributed by atoms with Gasteiger partial charge < -0.3 is 10.1 Å². The highest BCUT2D eigenvalue weighted by Gasteiger charge is 2.28. The van der Waals surface area contributed by atoms with Crippen LogP contribution in [0.4, 0.5) is 0 Å². The molecular weight excluding hydrogens is 248 g/mol. The summed E-state index contributed by atoms with van der Waals surface area (Å²) in [6, 6.07) is 9.53. The molecular formula is C17H26N2O. The third-order valence-electron chi connectivity index (χ3n) is 4.72. The number of rotatable bonds is 3. The van der Waals surface area contributed by atoms with Crippen LogP contribution in [0.15, 0.2) is 24.3 Å². The van der Waals surface area contributed by atoms with Gasteiger partial charge in [0.2, 0.25) is 0 Å². The van der Waals surface area contributed by atoms with Crippen molar-refractivity contribution in [1.82, 2.24) is 10.2 Å². The fraction of sp³-hybridized carbons (Fsp3) is 0.647. The van der Waals surface area contributed by atoms with Crippen molar-refractivity contribution in [2.45, 2.75) is 31.8 Å². The average molecular weight is 274 g/mol. The predicted octanol–water partition coefficient (Wildman–Crippen LogP) is 2.58. The van der Waals surface area contributed by atoms with Gasteiger partial charge in [-0.2, -0.15) is 0 Å². The van der Waals surface area contributed by atoms with Crippen molar-refractivity contribution in [2.75, 3.05) is 33.4 Å². The number of likely N-dealkylation sites (tertiary alicyclic amines) is 1. The third-order valence-corrected chi connectivity index (χ3v) is 4.72. The van der Waals surface area contributed by atoms with Crippen LogP contribution >= 0.6 is 0 Å². The number of nitrogens with one attached hydrogen (secondary N) is 1. The van der Waals surface area contributed by atoms with Crippen LogP contribution in [-0.4, -0.2) is 38.3 Å². The smallest absolute Gasteiger partial charge is 0.0502 e. The Balaban J connectivity index is 1.78.